The first-order valence-electron chi connectivity index (χ1n) is 15.1. The molecule has 1 unspecified atom stereocenters. The van der Waals surface area contributed by atoms with Crippen molar-refractivity contribution >= 4 is 29.1 Å². The van der Waals surface area contributed by atoms with Crippen LogP contribution in [0.3, 0.4) is 0 Å². The summed E-state index contributed by atoms with van der Waals surface area (Å²) in [5, 5.41) is 10.3. The molecule has 1 spiro atoms. The van der Waals surface area contributed by atoms with E-state index in [0.717, 1.165) is 30.9 Å². The van der Waals surface area contributed by atoms with Crippen molar-refractivity contribution in [2.24, 2.45) is 11.8 Å². The summed E-state index contributed by atoms with van der Waals surface area (Å²) < 4.78 is 6.88. The molecule has 3 amide bonds. The quantitative estimate of drug-likeness (QED) is 0.464. The molecule has 1 N–H and O–H groups in total. The summed E-state index contributed by atoms with van der Waals surface area (Å²) >= 11 is 0. The Morgan fingerprint density at radius 1 is 0.951 bits per heavy atom. The van der Waals surface area contributed by atoms with E-state index in [2.05, 4.69) is 18.7 Å². The van der Waals surface area contributed by atoms with Gasteiger partial charge in [-0.1, -0.05) is 38.2 Å². The molecule has 0 aliphatic carbocycles. The molecule has 0 saturated carbocycles. The molecule has 6 atom stereocenters. The molecule has 5 rings (SSSR count). The van der Waals surface area contributed by atoms with Crippen molar-refractivity contribution in [3.8, 4) is 0 Å². The normalized spacial score (nSPS) is 31.6. The Hall–Kier alpha value is -3.17. The summed E-state index contributed by atoms with van der Waals surface area (Å²) in [5.74, 6) is -2.35. The molecule has 9 heteroatoms. The molecule has 0 aromatic heterocycles. The van der Waals surface area contributed by atoms with Gasteiger partial charge in [0.2, 0.25) is 11.8 Å². The van der Waals surface area contributed by atoms with Crippen LogP contribution in [0, 0.1) is 11.8 Å². The van der Waals surface area contributed by atoms with Gasteiger partial charge in [-0.25, -0.2) is 0 Å². The Morgan fingerprint density at radius 2 is 1.63 bits per heavy atom. The van der Waals surface area contributed by atoms with Crippen molar-refractivity contribution in [1.29, 1.82) is 0 Å². The van der Waals surface area contributed by atoms with Gasteiger partial charge in [0.05, 0.1) is 30.1 Å². The van der Waals surface area contributed by atoms with Gasteiger partial charge < -0.3 is 29.4 Å². The zero-order valence-electron chi connectivity index (χ0n) is 25.0. The number of carbonyl (C=O) groups excluding carboxylic acids is 3. The molecule has 4 aliphatic heterocycles. The monoisotopic (exact) mass is 564 g/mol. The summed E-state index contributed by atoms with van der Waals surface area (Å²) in [5.41, 5.74) is -0.576. The average molecular weight is 565 g/mol. The van der Waals surface area contributed by atoms with Gasteiger partial charge in [-0.05, 0) is 57.9 Å². The Kier molecular flexibility index (Phi) is 8.05. The summed E-state index contributed by atoms with van der Waals surface area (Å²) in [6.45, 7) is 12.8. The van der Waals surface area contributed by atoms with Crippen LogP contribution in [-0.4, -0.2) is 95.2 Å². The number of amides is 3. The van der Waals surface area contributed by atoms with E-state index in [1.54, 1.807) is 9.80 Å². The lowest BCUT2D eigenvalue weighted by Crippen LogP contribution is -2.58. The molecule has 0 radical (unpaired) electrons. The maximum atomic E-state index is 14.6. The minimum atomic E-state index is -1.33. The van der Waals surface area contributed by atoms with Crippen molar-refractivity contribution < 1.29 is 24.2 Å². The van der Waals surface area contributed by atoms with E-state index in [-0.39, 0.29) is 24.3 Å². The third-order valence-electron chi connectivity index (χ3n) is 9.44. The topological polar surface area (TPSA) is 93.6 Å². The summed E-state index contributed by atoms with van der Waals surface area (Å²) in [6, 6.07) is 6.32. The third kappa shape index (κ3) is 4.48. The molecule has 2 fully saturated rings. The summed E-state index contributed by atoms with van der Waals surface area (Å²) in [4.78, 5) is 50.4. The summed E-state index contributed by atoms with van der Waals surface area (Å²) in [6.07, 6.45) is 8.87. The first-order valence-corrected chi connectivity index (χ1v) is 15.1. The molecular formula is C32H44N4O5. The Morgan fingerprint density at radius 3 is 2.24 bits per heavy atom. The third-order valence-corrected chi connectivity index (χ3v) is 9.44. The number of likely N-dealkylation sites (tertiary alicyclic amines) is 1. The smallest absolute Gasteiger partial charge is 0.253 e. The van der Waals surface area contributed by atoms with Gasteiger partial charge in [0, 0.05) is 44.1 Å². The van der Waals surface area contributed by atoms with Crippen LogP contribution in [0.4, 0.5) is 11.4 Å². The lowest BCUT2D eigenvalue weighted by Gasteiger charge is -2.40. The Labute approximate surface area is 243 Å². The highest BCUT2D eigenvalue weighted by Crippen LogP contribution is 2.58. The highest BCUT2D eigenvalue weighted by atomic mass is 16.5. The number of hydrogen-bond acceptors (Lipinski definition) is 6. The predicted octanol–water partition coefficient (Wildman–Crippen LogP) is 2.99. The number of benzene rings is 1. The van der Waals surface area contributed by atoms with E-state index in [1.807, 2.05) is 69.3 Å². The Balaban J connectivity index is 1.60. The second-order valence-electron chi connectivity index (χ2n) is 11.7. The van der Waals surface area contributed by atoms with Gasteiger partial charge in [-0.3, -0.25) is 14.4 Å². The Bertz CT molecular complexity index is 1220. The molecular weight excluding hydrogens is 520 g/mol. The molecule has 1 aromatic carbocycles. The molecule has 4 aliphatic rings. The second-order valence-corrected chi connectivity index (χ2v) is 11.7. The molecule has 9 nitrogen and oxygen atoms in total. The van der Waals surface area contributed by atoms with Crippen molar-refractivity contribution in [2.45, 2.75) is 70.7 Å². The number of hydrogen-bond donors (Lipinski definition) is 1. The number of carbonyl (C=O) groups is 3. The molecule has 2 saturated heterocycles. The van der Waals surface area contributed by atoms with Crippen LogP contribution in [0.25, 0.3) is 0 Å². The largest absolute Gasteiger partial charge is 0.394 e. The fraction of sp³-hybridized carbons (Fsp3) is 0.594. The number of rotatable bonds is 9. The standard InChI is InChI=1S/C32H44N4O5/c1-6-18-34-19-10-16-31(5)25(28(34)38)26-29(39)36(22(7-2)21-37)27-30(40)35(20-11-17-32(26,27)41-31)24-14-12-23(13-15-24)33(8-3)9-4/h10-17,22,25-27,37H,6-9,18-21H2,1-5H3/t22-,25-,26-,27?,31+,32-/m0/s1. The fourth-order valence-corrected chi connectivity index (χ4v) is 7.45. The number of ether oxygens (including phenoxy) is 1. The SMILES string of the molecule is CCCN1CC=C[C@@]2(C)O[C@]34C=CCN(c5ccc(N(CC)CC)cc5)C(=O)C3N([C@@H](CC)CO)C(=O)[C@@H]4[C@H]2C1=O. The minimum Gasteiger partial charge on any atom is -0.394 e. The van der Waals surface area contributed by atoms with Gasteiger partial charge in [-0.2, -0.15) is 0 Å². The van der Waals surface area contributed by atoms with Crippen LogP contribution in [0.15, 0.2) is 48.6 Å². The van der Waals surface area contributed by atoms with Gasteiger partial charge in [0.1, 0.15) is 11.6 Å². The van der Waals surface area contributed by atoms with E-state index in [1.165, 1.54) is 4.90 Å². The van der Waals surface area contributed by atoms with Gasteiger partial charge in [0.25, 0.3) is 5.91 Å². The van der Waals surface area contributed by atoms with Crippen LogP contribution in [0.1, 0.15) is 47.5 Å². The van der Waals surface area contributed by atoms with Gasteiger partial charge in [0.15, 0.2) is 0 Å². The van der Waals surface area contributed by atoms with Crippen LogP contribution < -0.4 is 9.80 Å². The number of fused-ring (bicyclic) bond motifs is 2. The zero-order chi connectivity index (χ0) is 29.5. The first kappa shape index (κ1) is 29.3. The molecule has 1 aromatic rings. The number of nitrogens with zero attached hydrogens (tertiary/aromatic N) is 4. The van der Waals surface area contributed by atoms with E-state index >= 15 is 0 Å². The summed E-state index contributed by atoms with van der Waals surface area (Å²) in [7, 11) is 0. The van der Waals surface area contributed by atoms with Crippen molar-refractivity contribution in [2.75, 3.05) is 49.1 Å². The van der Waals surface area contributed by atoms with E-state index < -0.39 is 35.1 Å². The number of anilines is 2. The van der Waals surface area contributed by atoms with Crippen LogP contribution in [0.2, 0.25) is 0 Å². The first-order chi connectivity index (χ1) is 19.7. The average Bonchev–Trinajstić information content (AvgIpc) is 3.24. The zero-order valence-corrected chi connectivity index (χ0v) is 25.0. The highest BCUT2D eigenvalue weighted by molar-refractivity contribution is 6.06. The van der Waals surface area contributed by atoms with Gasteiger partial charge >= 0.3 is 0 Å². The minimum absolute atomic E-state index is 0.124. The van der Waals surface area contributed by atoms with E-state index in [0.29, 0.717) is 26.1 Å². The lowest BCUT2D eigenvalue weighted by atomic mass is 9.74. The maximum absolute atomic E-state index is 14.6. The molecule has 0 bridgehead atoms. The molecule has 4 heterocycles. The number of aliphatic hydroxyl groups excluding tert-OH is 1. The van der Waals surface area contributed by atoms with E-state index in [4.69, 9.17) is 4.74 Å². The van der Waals surface area contributed by atoms with Crippen LogP contribution >= 0.6 is 0 Å². The van der Waals surface area contributed by atoms with Crippen molar-refractivity contribution in [3.05, 3.63) is 48.6 Å². The van der Waals surface area contributed by atoms with Crippen molar-refractivity contribution in [3.63, 3.8) is 0 Å². The second kappa shape index (κ2) is 11.2. The van der Waals surface area contributed by atoms with Crippen molar-refractivity contribution in [1.82, 2.24) is 9.80 Å². The maximum Gasteiger partial charge on any atom is 0.253 e. The van der Waals surface area contributed by atoms with E-state index in [9.17, 15) is 19.5 Å². The fourth-order valence-electron chi connectivity index (χ4n) is 7.45. The highest BCUT2D eigenvalue weighted by Gasteiger charge is 2.75. The van der Waals surface area contributed by atoms with Crippen LogP contribution in [0.5, 0.6) is 0 Å². The molecule has 41 heavy (non-hydrogen) atoms. The predicted molar refractivity (Wildman–Crippen MR) is 159 cm³/mol. The molecule has 222 valence electrons. The van der Waals surface area contributed by atoms with Crippen LogP contribution in [-0.2, 0) is 19.1 Å². The van der Waals surface area contributed by atoms with Gasteiger partial charge in [-0.15, -0.1) is 0 Å². The number of aliphatic hydroxyl groups is 1. The lowest BCUT2D eigenvalue weighted by molar-refractivity contribution is -0.151.